The zero-order chi connectivity index (χ0) is 26.0. The van der Waals surface area contributed by atoms with Crippen molar-refractivity contribution < 1.29 is 8.42 Å². The Morgan fingerprint density at radius 3 is 2.32 bits per heavy atom. The lowest BCUT2D eigenvalue weighted by atomic mass is 10.1. The fourth-order valence-electron chi connectivity index (χ4n) is 4.14. The topological polar surface area (TPSA) is 111 Å². The van der Waals surface area contributed by atoms with Gasteiger partial charge in [0.25, 0.3) is 0 Å². The molecule has 0 aliphatic rings. The first kappa shape index (κ1) is 25.0. The molecule has 188 valence electrons. The van der Waals surface area contributed by atoms with Crippen LogP contribution in [0.15, 0.2) is 77.7 Å². The number of nitrogens with one attached hydrogen (secondary N) is 1. The molecule has 0 aliphatic carbocycles. The number of sulfonamides is 1. The van der Waals surface area contributed by atoms with E-state index in [4.69, 9.17) is 20.1 Å². The van der Waals surface area contributed by atoms with E-state index in [-0.39, 0.29) is 4.90 Å². The van der Waals surface area contributed by atoms with Gasteiger partial charge in [-0.15, -0.1) is 11.3 Å². The summed E-state index contributed by atoms with van der Waals surface area (Å²) in [7, 11) is -3.78. The second-order valence-corrected chi connectivity index (χ2v) is 11.6. The van der Waals surface area contributed by atoms with Gasteiger partial charge >= 0.3 is 0 Å². The van der Waals surface area contributed by atoms with Crippen LogP contribution in [0.3, 0.4) is 0 Å². The molecule has 5 rings (SSSR count). The summed E-state index contributed by atoms with van der Waals surface area (Å²) >= 11 is 1.69. The zero-order valence-electron chi connectivity index (χ0n) is 20.6. The molecule has 5 aromatic rings. The molecule has 0 bridgehead atoms. The van der Waals surface area contributed by atoms with Crippen molar-refractivity contribution in [2.45, 2.75) is 38.0 Å². The third-order valence-corrected chi connectivity index (χ3v) is 8.00. The van der Waals surface area contributed by atoms with E-state index < -0.39 is 10.0 Å². The minimum atomic E-state index is -3.78. The molecule has 0 radical (unpaired) electrons. The van der Waals surface area contributed by atoms with Crippen LogP contribution in [-0.4, -0.2) is 23.4 Å². The molecule has 0 saturated carbocycles. The van der Waals surface area contributed by atoms with Crippen molar-refractivity contribution in [3.8, 4) is 0 Å². The van der Waals surface area contributed by atoms with Gasteiger partial charge < -0.3 is 5.32 Å². The van der Waals surface area contributed by atoms with Crippen molar-refractivity contribution in [2.24, 2.45) is 5.14 Å². The Balaban J connectivity index is 1.48. The number of aryl methyl sites for hydroxylation is 2. The van der Waals surface area contributed by atoms with Crippen LogP contribution >= 0.6 is 11.3 Å². The van der Waals surface area contributed by atoms with Gasteiger partial charge in [-0.05, 0) is 66.4 Å². The zero-order valence-corrected chi connectivity index (χ0v) is 22.2. The van der Waals surface area contributed by atoms with E-state index in [1.165, 1.54) is 22.4 Å². The summed E-state index contributed by atoms with van der Waals surface area (Å²) in [5, 5.41) is 9.54. The second kappa shape index (κ2) is 10.4. The molecule has 7 nitrogen and oxygen atoms in total. The highest BCUT2D eigenvalue weighted by Crippen LogP contribution is 2.27. The van der Waals surface area contributed by atoms with Crippen molar-refractivity contribution in [3.05, 3.63) is 106 Å². The van der Waals surface area contributed by atoms with Crippen molar-refractivity contribution in [3.63, 3.8) is 0 Å². The van der Waals surface area contributed by atoms with Crippen LogP contribution in [0.5, 0.6) is 0 Å². The minimum absolute atomic E-state index is 0.0667. The molecule has 37 heavy (non-hydrogen) atoms. The first-order valence-corrected chi connectivity index (χ1v) is 14.3. The molecule has 2 heterocycles. The fraction of sp³-hybridized carbons (Fsp3) is 0.179. The Morgan fingerprint density at radius 2 is 1.62 bits per heavy atom. The number of hydrogen-bond acceptors (Lipinski definition) is 7. The van der Waals surface area contributed by atoms with E-state index in [0.717, 1.165) is 39.5 Å². The highest BCUT2D eigenvalue weighted by atomic mass is 32.2. The summed E-state index contributed by atoms with van der Waals surface area (Å²) in [5.74, 6) is 0.448. The van der Waals surface area contributed by atoms with Crippen molar-refractivity contribution in [1.82, 2.24) is 15.0 Å². The molecular weight excluding hydrogens is 502 g/mol. The average Bonchev–Trinajstić information content (AvgIpc) is 3.26. The second-order valence-electron chi connectivity index (χ2n) is 8.92. The molecule has 9 heteroatoms. The van der Waals surface area contributed by atoms with Gasteiger partial charge in [0.1, 0.15) is 0 Å². The number of fused-ring (bicyclic) bond motifs is 1. The number of primary sulfonamides is 1. The highest BCUT2D eigenvalue weighted by Gasteiger charge is 2.13. The van der Waals surface area contributed by atoms with E-state index >= 15 is 0 Å². The Labute approximate surface area is 220 Å². The SMILES string of the molecule is CCc1ccc2nc(Cc3cc(Cc4ccccc4)nc(Nc4ccc(S(N)(=O)=O)cc4C)n3)sc2c1. The van der Waals surface area contributed by atoms with Crippen LogP contribution in [0, 0.1) is 6.92 Å². The van der Waals surface area contributed by atoms with Crippen LogP contribution < -0.4 is 10.5 Å². The molecule has 3 N–H and O–H groups in total. The summed E-state index contributed by atoms with van der Waals surface area (Å²) in [6, 6.07) is 23.3. The lowest BCUT2D eigenvalue weighted by Gasteiger charge is -2.12. The minimum Gasteiger partial charge on any atom is -0.324 e. The highest BCUT2D eigenvalue weighted by molar-refractivity contribution is 7.89. The molecule has 0 atom stereocenters. The number of nitrogens with two attached hydrogens (primary N) is 1. The van der Waals surface area contributed by atoms with Gasteiger partial charge in [0, 0.05) is 18.5 Å². The number of anilines is 2. The van der Waals surface area contributed by atoms with Gasteiger partial charge in [0.05, 0.1) is 31.5 Å². The quantitative estimate of drug-likeness (QED) is 0.273. The number of benzene rings is 3. The Morgan fingerprint density at radius 1 is 0.865 bits per heavy atom. The van der Waals surface area contributed by atoms with E-state index in [1.807, 2.05) is 31.2 Å². The molecule has 0 aliphatic heterocycles. The molecule has 0 spiro atoms. The van der Waals surface area contributed by atoms with E-state index in [1.54, 1.807) is 17.4 Å². The molecule has 0 amide bonds. The van der Waals surface area contributed by atoms with E-state index in [0.29, 0.717) is 24.5 Å². The van der Waals surface area contributed by atoms with Gasteiger partial charge in [0.15, 0.2) is 0 Å². The van der Waals surface area contributed by atoms with Gasteiger partial charge in [-0.25, -0.2) is 28.5 Å². The monoisotopic (exact) mass is 529 g/mol. The van der Waals surface area contributed by atoms with Crippen molar-refractivity contribution >= 4 is 43.2 Å². The molecule has 0 fully saturated rings. The molecule has 0 unspecified atom stereocenters. The number of aromatic nitrogens is 3. The third kappa shape index (κ3) is 6.02. The smallest absolute Gasteiger partial charge is 0.238 e. The van der Waals surface area contributed by atoms with Crippen molar-refractivity contribution in [1.29, 1.82) is 0 Å². The first-order chi connectivity index (χ1) is 17.8. The first-order valence-electron chi connectivity index (χ1n) is 12.0. The molecule has 3 aromatic carbocycles. The summed E-state index contributed by atoms with van der Waals surface area (Å²) in [6.45, 7) is 3.97. The summed E-state index contributed by atoms with van der Waals surface area (Å²) in [5.41, 5.74) is 6.62. The molecule has 0 saturated heterocycles. The largest absolute Gasteiger partial charge is 0.324 e. The maximum atomic E-state index is 11.7. The van der Waals surface area contributed by atoms with Gasteiger partial charge in [-0.3, -0.25) is 0 Å². The summed E-state index contributed by atoms with van der Waals surface area (Å²) < 4.78 is 24.6. The predicted molar refractivity (Wildman–Crippen MR) is 149 cm³/mol. The van der Waals surface area contributed by atoms with Gasteiger partial charge in [-0.1, -0.05) is 43.3 Å². The van der Waals surface area contributed by atoms with Crippen LogP contribution in [0.2, 0.25) is 0 Å². The van der Waals surface area contributed by atoms with Gasteiger partial charge in [0.2, 0.25) is 16.0 Å². The standard InChI is InChI=1S/C28H27N5O2S2/c1-3-19-9-11-25-26(15-19)36-27(32-25)17-22-16-21(14-20-7-5-4-6-8-20)30-28(31-22)33-24-12-10-23(13-18(24)2)37(29,34)35/h4-13,15-16H,3,14,17H2,1-2H3,(H2,29,34,35)(H,30,31,33). The predicted octanol–water partition coefficient (Wildman–Crippen LogP) is 5.53. The Hall–Kier alpha value is -3.66. The van der Waals surface area contributed by atoms with Crippen LogP contribution in [0.4, 0.5) is 11.6 Å². The molecule has 2 aromatic heterocycles. The lowest BCUT2D eigenvalue weighted by Crippen LogP contribution is -2.12. The summed E-state index contributed by atoms with van der Waals surface area (Å²) in [6.07, 6.45) is 2.24. The summed E-state index contributed by atoms with van der Waals surface area (Å²) in [4.78, 5) is 14.4. The van der Waals surface area contributed by atoms with Gasteiger partial charge in [-0.2, -0.15) is 0 Å². The third-order valence-electron chi connectivity index (χ3n) is 6.07. The van der Waals surface area contributed by atoms with E-state index in [9.17, 15) is 8.42 Å². The Kier molecular flexibility index (Phi) is 7.01. The number of hydrogen-bond donors (Lipinski definition) is 2. The van der Waals surface area contributed by atoms with Crippen LogP contribution in [0.25, 0.3) is 10.2 Å². The van der Waals surface area contributed by atoms with Crippen LogP contribution in [0.1, 0.15) is 40.0 Å². The Bertz CT molecular complexity index is 1680. The van der Waals surface area contributed by atoms with Crippen molar-refractivity contribution in [2.75, 3.05) is 5.32 Å². The fourth-order valence-corrected chi connectivity index (χ4v) is 5.78. The number of thiazole rings is 1. The molecular formula is C28H27N5O2S2. The average molecular weight is 530 g/mol. The van der Waals surface area contributed by atoms with Crippen LogP contribution in [-0.2, 0) is 29.3 Å². The maximum absolute atomic E-state index is 11.7. The number of rotatable bonds is 8. The number of nitrogens with zero attached hydrogens (tertiary/aromatic N) is 3. The maximum Gasteiger partial charge on any atom is 0.238 e. The normalized spacial score (nSPS) is 11.6. The lowest BCUT2D eigenvalue weighted by molar-refractivity contribution is 0.597. The van der Waals surface area contributed by atoms with E-state index in [2.05, 4.69) is 42.6 Å².